The van der Waals surface area contributed by atoms with E-state index >= 15 is 0 Å². The van der Waals surface area contributed by atoms with E-state index in [0.717, 1.165) is 9.81 Å². The second-order valence-electron chi connectivity index (χ2n) is 10.4. The Bertz CT molecular complexity index is 231. The highest BCUT2D eigenvalue weighted by molar-refractivity contribution is 7.56. The molecule has 0 N–H and O–H groups in total. The van der Waals surface area contributed by atoms with Crippen LogP contribution in [0.1, 0.15) is 0 Å². The summed E-state index contributed by atoms with van der Waals surface area (Å²) in [5, 5.41) is 0. The fourth-order valence-corrected chi connectivity index (χ4v) is 35.5. The van der Waals surface area contributed by atoms with Crippen LogP contribution in [0.4, 0.5) is 0 Å². The smallest absolute Gasteiger partial charge is 0.0166 e. The summed E-state index contributed by atoms with van der Waals surface area (Å²) in [7, 11) is -2.33. The quantitative estimate of drug-likeness (QED) is 0.397. The molecule has 0 heterocycles. The van der Waals surface area contributed by atoms with Crippen LogP contribution in [-0.4, -0.2) is 42.1 Å². The summed E-state index contributed by atoms with van der Waals surface area (Å²) >= 11 is 0. The molecule has 0 aliphatic rings. The summed E-state index contributed by atoms with van der Waals surface area (Å²) in [5.41, 5.74) is 0. The first kappa shape index (κ1) is 20.3. The van der Waals surface area contributed by atoms with Crippen molar-refractivity contribution >= 4 is 40.9 Å². The minimum Gasteiger partial charge on any atom is -0.545 e. The topological polar surface area (TPSA) is 0 Å². The molecule has 0 aliphatic heterocycles. The zero-order valence-corrected chi connectivity index (χ0v) is 20.5. The van der Waals surface area contributed by atoms with Crippen LogP contribution in [0.2, 0.25) is 78.6 Å². The summed E-state index contributed by atoms with van der Waals surface area (Å²) in [6.07, 6.45) is 0. The van der Waals surface area contributed by atoms with Crippen molar-refractivity contribution in [3.63, 3.8) is 0 Å². The average molecular weight is 350 g/mol. The monoisotopic (exact) mass is 349 g/mol. The highest BCUT2D eigenvalue weighted by atomic mass is 31.1. The van der Waals surface area contributed by atoms with Crippen molar-refractivity contribution in [3.05, 3.63) is 0 Å². The van der Waals surface area contributed by atoms with E-state index in [1.54, 1.807) is 0 Å². The van der Waals surface area contributed by atoms with Gasteiger partial charge in [-0.05, 0) is 0 Å². The Morgan fingerprint density at radius 1 is 0.421 bits per heavy atom. The molecule has 0 unspecified atom stereocenters. The summed E-state index contributed by atoms with van der Waals surface area (Å²) in [5.74, 6) is 0. The van der Waals surface area contributed by atoms with Gasteiger partial charge in [-0.1, -0.05) is 78.6 Å². The summed E-state index contributed by atoms with van der Waals surface area (Å²) in [6.45, 7) is 31.3. The van der Waals surface area contributed by atoms with Crippen molar-refractivity contribution < 1.29 is 0 Å². The lowest BCUT2D eigenvalue weighted by Crippen LogP contribution is -2.57. The van der Waals surface area contributed by atoms with Crippen LogP contribution in [0.25, 0.3) is 0 Å². The SMILES string of the molecule is C[Si](C)(C)C([P-]C([Si](C)(C)C)[Si](C)(C)C)[Si](C)(C)C. The maximum absolute atomic E-state index is 2.61. The van der Waals surface area contributed by atoms with Gasteiger partial charge in [-0.15, -0.1) is 0 Å². The van der Waals surface area contributed by atoms with Gasteiger partial charge in [0.25, 0.3) is 0 Å². The number of hydrogen-bond donors (Lipinski definition) is 0. The van der Waals surface area contributed by atoms with Gasteiger partial charge in [0.15, 0.2) is 0 Å². The van der Waals surface area contributed by atoms with Crippen molar-refractivity contribution in [2.45, 2.75) is 88.4 Å². The molecule has 0 spiro atoms. The Morgan fingerprint density at radius 2 is 0.579 bits per heavy atom. The predicted octanol–water partition coefficient (Wildman–Crippen LogP) is 6.18. The zero-order chi connectivity index (χ0) is 15.9. The molecule has 0 fully saturated rings. The van der Waals surface area contributed by atoms with Crippen molar-refractivity contribution in [3.8, 4) is 0 Å². The maximum atomic E-state index is 2.61. The van der Waals surface area contributed by atoms with E-state index in [-0.39, 0.29) is 0 Å². The normalized spacial score (nSPS) is 15.5. The highest BCUT2D eigenvalue weighted by Gasteiger charge is 2.36. The van der Waals surface area contributed by atoms with E-state index in [9.17, 15) is 0 Å². The standard InChI is InChI=1S/C14H38PSi4/c1-16(2,3)13(17(4,5)6)15-14(18(7,8)9)19(10,11)12/h13-14H,1-12H3/q-1. The van der Waals surface area contributed by atoms with E-state index in [1.165, 1.54) is 0 Å². The Hall–Kier alpha value is 1.30. The fourth-order valence-electron chi connectivity index (χ4n) is 3.64. The summed E-state index contributed by atoms with van der Waals surface area (Å²) in [4.78, 5) is 2.12. The van der Waals surface area contributed by atoms with Gasteiger partial charge in [0.1, 0.15) is 0 Å². The van der Waals surface area contributed by atoms with Crippen molar-refractivity contribution in [2.75, 3.05) is 0 Å². The minimum atomic E-state index is -1.05. The fraction of sp³-hybridized carbons (Fsp3) is 1.00. The number of hydrogen-bond acceptors (Lipinski definition) is 0. The molecule has 0 rings (SSSR count). The van der Waals surface area contributed by atoms with Gasteiger partial charge in [0, 0.05) is 32.3 Å². The molecule has 0 aromatic carbocycles. The Labute approximate surface area is 129 Å². The molecule has 0 nitrogen and oxygen atoms in total. The Balaban J connectivity index is 5.43. The van der Waals surface area contributed by atoms with E-state index in [1.807, 2.05) is 8.58 Å². The van der Waals surface area contributed by atoms with Gasteiger partial charge < -0.3 is 8.58 Å². The Morgan fingerprint density at radius 3 is 0.684 bits per heavy atom. The lowest BCUT2D eigenvalue weighted by molar-refractivity contribution is 1.40. The van der Waals surface area contributed by atoms with Crippen LogP contribution in [0, 0.1) is 0 Å². The molecule has 5 heteroatoms. The molecule has 0 aromatic rings. The van der Waals surface area contributed by atoms with E-state index < -0.39 is 32.3 Å². The predicted molar refractivity (Wildman–Crippen MR) is 108 cm³/mol. The zero-order valence-electron chi connectivity index (χ0n) is 15.6. The van der Waals surface area contributed by atoms with Crippen LogP contribution in [-0.2, 0) is 0 Å². The molecule has 19 heavy (non-hydrogen) atoms. The third kappa shape index (κ3) is 6.73. The molecule has 0 atom stereocenters. The highest BCUT2D eigenvalue weighted by Crippen LogP contribution is 2.44. The lowest BCUT2D eigenvalue weighted by Gasteiger charge is -2.58. The van der Waals surface area contributed by atoms with Crippen molar-refractivity contribution in [2.24, 2.45) is 0 Å². The third-order valence-corrected chi connectivity index (χ3v) is 32.2. The second kappa shape index (κ2) is 6.19. The first-order chi connectivity index (χ1) is 7.97. The van der Waals surface area contributed by atoms with E-state index in [4.69, 9.17) is 0 Å². The molecule has 0 saturated carbocycles. The molecule has 0 radical (unpaired) electrons. The largest absolute Gasteiger partial charge is 0.545 e. The molecular weight excluding hydrogens is 311 g/mol. The van der Waals surface area contributed by atoms with Crippen LogP contribution >= 0.6 is 8.58 Å². The molecule has 0 aliphatic carbocycles. The van der Waals surface area contributed by atoms with Gasteiger partial charge in [-0.3, -0.25) is 0 Å². The number of rotatable bonds is 6. The van der Waals surface area contributed by atoms with Crippen LogP contribution in [0.5, 0.6) is 0 Å². The Kier molecular flexibility index (Phi) is 6.62. The average Bonchev–Trinajstić information content (AvgIpc) is 1.91. The maximum Gasteiger partial charge on any atom is 0.0166 e. The van der Waals surface area contributed by atoms with Crippen LogP contribution < -0.4 is 0 Å². The van der Waals surface area contributed by atoms with E-state index in [2.05, 4.69) is 78.6 Å². The first-order valence-corrected chi connectivity index (χ1v) is 23.0. The molecule has 116 valence electrons. The van der Waals surface area contributed by atoms with Gasteiger partial charge in [-0.2, -0.15) is 9.81 Å². The molecule has 0 saturated heterocycles. The van der Waals surface area contributed by atoms with Crippen molar-refractivity contribution in [1.29, 1.82) is 0 Å². The summed E-state index contributed by atoms with van der Waals surface area (Å²) < 4.78 is 0. The molecule has 0 bridgehead atoms. The van der Waals surface area contributed by atoms with Crippen LogP contribution in [0.3, 0.4) is 0 Å². The van der Waals surface area contributed by atoms with Crippen molar-refractivity contribution in [1.82, 2.24) is 0 Å². The molecular formula is C14H38PSi4-. The first-order valence-electron chi connectivity index (χ1n) is 7.67. The lowest BCUT2D eigenvalue weighted by atomic mass is 11.7. The van der Waals surface area contributed by atoms with Gasteiger partial charge >= 0.3 is 0 Å². The third-order valence-electron chi connectivity index (χ3n) is 3.58. The molecule has 0 amide bonds. The van der Waals surface area contributed by atoms with Gasteiger partial charge in [-0.25, -0.2) is 0 Å². The molecule has 0 aromatic heterocycles. The van der Waals surface area contributed by atoms with Gasteiger partial charge in [0.2, 0.25) is 0 Å². The van der Waals surface area contributed by atoms with Crippen LogP contribution in [0.15, 0.2) is 0 Å². The van der Waals surface area contributed by atoms with E-state index in [0.29, 0.717) is 0 Å². The minimum absolute atomic E-state index is 1.05. The second-order valence-corrected chi connectivity index (χ2v) is 36.1. The van der Waals surface area contributed by atoms with Gasteiger partial charge in [0.05, 0.1) is 0 Å². The summed E-state index contributed by atoms with van der Waals surface area (Å²) in [6, 6.07) is 0.